The average Bonchev–Trinajstić information content (AvgIpc) is 1.86. The smallest absolute Gasteiger partial charge is 0.170 e. The van der Waals surface area contributed by atoms with E-state index in [0.29, 0.717) is 0 Å². The standard InChI is InChI=1S/C5H9IO3S/c1-3-10(8,9)5(6)4(2)7/h5H,3H2,1-2H3/t5-/m1/s1. The summed E-state index contributed by atoms with van der Waals surface area (Å²) in [5, 5.41) is 0. The van der Waals surface area contributed by atoms with Crippen LogP contribution in [0.1, 0.15) is 13.8 Å². The van der Waals surface area contributed by atoms with Gasteiger partial charge < -0.3 is 0 Å². The van der Waals surface area contributed by atoms with Crippen molar-refractivity contribution in [2.24, 2.45) is 0 Å². The number of carbonyl (C=O) groups is 1. The number of ketones is 1. The van der Waals surface area contributed by atoms with Gasteiger partial charge in [0.2, 0.25) is 0 Å². The lowest BCUT2D eigenvalue weighted by Crippen LogP contribution is -2.23. The minimum Gasteiger partial charge on any atom is -0.298 e. The molecule has 0 rings (SSSR count). The van der Waals surface area contributed by atoms with Crippen molar-refractivity contribution in [1.82, 2.24) is 0 Å². The van der Waals surface area contributed by atoms with E-state index in [1.165, 1.54) is 13.8 Å². The third kappa shape index (κ3) is 2.53. The molecule has 0 aromatic heterocycles. The fraction of sp³-hybridized carbons (Fsp3) is 0.800. The van der Waals surface area contributed by atoms with Gasteiger partial charge in [-0.2, -0.15) is 0 Å². The van der Waals surface area contributed by atoms with Crippen LogP contribution >= 0.6 is 22.6 Å². The van der Waals surface area contributed by atoms with Crippen molar-refractivity contribution in [3.05, 3.63) is 0 Å². The molecule has 0 radical (unpaired) electrons. The van der Waals surface area contributed by atoms with Crippen LogP contribution in [0.15, 0.2) is 0 Å². The van der Waals surface area contributed by atoms with Crippen LogP contribution in [0.25, 0.3) is 0 Å². The monoisotopic (exact) mass is 276 g/mol. The number of halogens is 1. The lowest BCUT2D eigenvalue weighted by atomic mass is 10.5. The normalized spacial score (nSPS) is 14.7. The second-order valence-corrected chi connectivity index (χ2v) is 6.34. The van der Waals surface area contributed by atoms with Gasteiger partial charge in [0.25, 0.3) is 0 Å². The van der Waals surface area contributed by atoms with E-state index in [1.807, 2.05) is 0 Å². The maximum absolute atomic E-state index is 10.9. The maximum Gasteiger partial charge on any atom is 0.170 e. The molecule has 0 amide bonds. The van der Waals surface area contributed by atoms with E-state index in [-0.39, 0.29) is 11.5 Å². The Balaban J connectivity index is 4.51. The highest BCUT2D eigenvalue weighted by molar-refractivity contribution is 14.1. The first-order chi connectivity index (χ1) is 4.41. The minimum absolute atomic E-state index is 0.0280. The summed E-state index contributed by atoms with van der Waals surface area (Å²) in [5.41, 5.74) is 0. The van der Waals surface area contributed by atoms with Gasteiger partial charge in [-0.15, -0.1) is 0 Å². The van der Waals surface area contributed by atoms with Crippen molar-refractivity contribution >= 4 is 38.2 Å². The largest absolute Gasteiger partial charge is 0.298 e. The molecule has 0 aliphatic carbocycles. The van der Waals surface area contributed by atoms with E-state index < -0.39 is 13.1 Å². The van der Waals surface area contributed by atoms with Gasteiger partial charge in [0, 0.05) is 5.75 Å². The van der Waals surface area contributed by atoms with Crippen molar-refractivity contribution < 1.29 is 13.2 Å². The van der Waals surface area contributed by atoms with Crippen molar-refractivity contribution in [2.75, 3.05) is 5.75 Å². The zero-order chi connectivity index (χ0) is 8.36. The Bertz CT molecular complexity index is 219. The molecule has 0 aliphatic rings. The second-order valence-electron chi connectivity index (χ2n) is 1.88. The molecule has 0 heterocycles. The highest BCUT2D eigenvalue weighted by Crippen LogP contribution is 2.11. The average molecular weight is 276 g/mol. The van der Waals surface area contributed by atoms with Crippen LogP contribution in [-0.4, -0.2) is 23.2 Å². The predicted octanol–water partition coefficient (Wildman–Crippen LogP) is 0.771. The van der Waals surface area contributed by atoms with Gasteiger partial charge in [-0.1, -0.05) is 29.5 Å². The Morgan fingerprint density at radius 1 is 1.60 bits per heavy atom. The van der Waals surface area contributed by atoms with Gasteiger partial charge in [0.1, 0.15) is 0 Å². The summed E-state index contributed by atoms with van der Waals surface area (Å²) in [6.07, 6.45) is 0. The summed E-state index contributed by atoms with van der Waals surface area (Å²) in [6.45, 7) is 2.81. The SMILES string of the molecule is CCS(=O)(=O)[C@@H](I)C(C)=O. The molecular weight excluding hydrogens is 267 g/mol. The number of rotatable bonds is 3. The van der Waals surface area contributed by atoms with E-state index in [2.05, 4.69) is 0 Å². The second kappa shape index (κ2) is 3.66. The van der Waals surface area contributed by atoms with Crippen LogP contribution < -0.4 is 0 Å². The minimum atomic E-state index is -3.16. The van der Waals surface area contributed by atoms with E-state index in [0.717, 1.165) is 0 Å². The van der Waals surface area contributed by atoms with Gasteiger partial charge in [0.05, 0.1) is 0 Å². The summed E-state index contributed by atoms with van der Waals surface area (Å²) in [7, 11) is -3.16. The quantitative estimate of drug-likeness (QED) is 0.565. The molecule has 60 valence electrons. The third-order valence-electron chi connectivity index (χ3n) is 1.04. The first-order valence-corrected chi connectivity index (χ1v) is 5.74. The van der Waals surface area contributed by atoms with Crippen molar-refractivity contribution in [2.45, 2.75) is 17.1 Å². The molecule has 0 fully saturated rings. The highest BCUT2D eigenvalue weighted by Gasteiger charge is 2.24. The molecule has 10 heavy (non-hydrogen) atoms. The lowest BCUT2D eigenvalue weighted by molar-refractivity contribution is -0.115. The fourth-order valence-corrected chi connectivity index (χ4v) is 2.28. The highest BCUT2D eigenvalue weighted by atomic mass is 127. The molecular formula is C5H9IO3S. The van der Waals surface area contributed by atoms with Crippen molar-refractivity contribution in [3.8, 4) is 0 Å². The Kier molecular flexibility index (Phi) is 3.79. The van der Waals surface area contributed by atoms with Crippen LogP contribution in [0.3, 0.4) is 0 Å². The molecule has 0 bridgehead atoms. The predicted molar refractivity (Wildman–Crippen MR) is 47.9 cm³/mol. The molecule has 0 N–H and O–H groups in total. The first kappa shape index (κ1) is 10.3. The molecule has 0 aromatic carbocycles. The van der Waals surface area contributed by atoms with E-state index in [4.69, 9.17) is 0 Å². The van der Waals surface area contributed by atoms with Crippen molar-refractivity contribution in [3.63, 3.8) is 0 Å². The number of alkyl halides is 1. The molecule has 1 atom stereocenters. The molecule has 0 spiro atoms. The van der Waals surface area contributed by atoms with E-state index in [1.54, 1.807) is 22.6 Å². The number of hydrogen-bond acceptors (Lipinski definition) is 3. The zero-order valence-electron chi connectivity index (χ0n) is 5.80. The third-order valence-corrected chi connectivity index (χ3v) is 6.01. The number of sulfone groups is 1. The number of carbonyl (C=O) groups excluding carboxylic acids is 1. The number of hydrogen-bond donors (Lipinski definition) is 0. The van der Waals surface area contributed by atoms with Gasteiger partial charge >= 0.3 is 0 Å². The fourth-order valence-electron chi connectivity index (χ4n) is 0.399. The summed E-state index contributed by atoms with van der Waals surface area (Å²) in [4.78, 5) is 10.6. The summed E-state index contributed by atoms with van der Waals surface area (Å²) >= 11 is 1.64. The molecule has 5 heteroatoms. The molecule has 0 saturated carbocycles. The lowest BCUT2D eigenvalue weighted by Gasteiger charge is -2.03. The van der Waals surface area contributed by atoms with Gasteiger partial charge in [0.15, 0.2) is 18.9 Å². The Morgan fingerprint density at radius 3 is 2.10 bits per heavy atom. The Hall–Kier alpha value is 0.350. The summed E-state index contributed by atoms with van der Waals surface area (Å²) in [5.74, 6) is -0.275. The summed E-state index contributed by atoms with van der Waals surface area (Å²) < 4.78 is 21.0. The number of Topliss-reactive ketones (excluding diaryl/α,β-unsaturated/α-hetero) is 1. The zero-order valence-corrected chi connectivity index (χ0v) is 8.77. The maximum atomic E-state index is 10.9. The first-order valence-electron chi connectivity index (χ1n) is 2.78. The molecule has 3 nitrogen and oxygen atoms in total. The Morgan fingerprint density at radius 2 is 2.00 bits per heavy atom. The van der Waals surface area contributed by atoms with Gasteiger partial charge in [-0.25, -0.2) is 8.42 Å². The van der Waals surface area contributed by atoms with Gasteiger partial charge in [-0.3, -0.25) is 4.79 Å². The van der Waals surface area contributed by atoms with E-state index >= 15 is 0 Å². The van der Waals surface area contributed by atoms with Crippen LogP contribution in [0.2, 0.25) is 0 Å². The molecule has 0 unspecified atom stereocenters. The van der Waals surface area contributed by atoms with Crippen LogP contribution in [0.5, 0.6) is 0 Å². The van der Waals surface area contributed by atoms with Crippen molar-refractivity contribution in [1.29, 1.82) is 0 Å². The van der Waals surface area contributed by atoms with E-state index in [9.17, 15) is 13.2 Å². The Labute approximate surface area is 74.2 Å². The van der Waals surface area contributed by atoms with Crippen LogP contribution in [0.4, 0.5) is 0 Å². The molecule has 0 aliphatic heterocycles. The van der Waals surface area contributed by atoms with Crippen LogP contribution in [-0.2, 0) is 14.6 Å². The topological polar surface area (TPSA) is 51.2 Å². The molecule has 0 saturated heterocycles. The van der Waals surface area contributed by atoms with Crippen LogP contribution in [0, 0.1) is 0 Å². The molecule has 0 aromatic rings. The van der Waals surface area contributed by atoms with Gasteiger partial charge in [-0.05, 0) is 6.92 Å². The summed E-state index contributed by atoms with van der Waals surface area (Å²) in [6, 6.07) is 0.